The lowest BCUT2D eigenvalue weighted by Gasteiger charge is -2.11. The lowest BCUT2D eigenvalue weighted by atomic mass is 10.1. The van der Waals surface area contributed by atoms with Crippen molar-refractivity contribution in [2.24, 2.45) is 0 Å². The third kappa shape index (κ3) is 2.47. The Morgan fingerprint density at radius 1 is 1.12 bits per heavy atom. The zero-order chi connectivity index (χ0) is 17.4. The van der Waals surface area contributed by atoms with Gasteiger partial charge in [-0.2, -0.15) is 0 Å². The molecule has 0 bridgehead atoms. The Morgan fingerprint density at radius 3 is 2.80 bits per heavy atom. The predicted molar refractivity (Wildman–Crippen MR) is 101 cm³/mol. The van der Waals surface area contributed by atoms with Crippen molar-refractivity contribution in [3.05, 3.63) is 72.8 Å². The molecule has 1 aromatic carbocycles. The summed E-state index contributed by atoms with van der Waals surface area (Å²) in [6.07, 6.45) is 7.31. The normalized spacial score (nSPS) is 11.1. The fourth-order valence-corrected chi connectivity index (χ4v) is 3.28. The van der Waals surface area contributed by atoms with Gasteiger partial charge in [0.05, 0.1) is 0 Å². The van der Waals surface area contributed by atoms with Gasteiger partial charge >= 0.3 is 0 Å². The summed E-state index contributed by atoms with van der Waals surface area (Å²) in [5.74, 6) is 1.39. The third-order valence-corrected chi connectivity index (χ3v) is 4.67. The summed E-state index contributed by atoms with van der Waals surface area (Å²) in [4.78, 5) is 8.69. The summed E-state index contributed by atoms with van der Waals surface area (Å²) in [6, 6.07) is 9.96. The Morgan fingerprint density at radius 2 is 1.96 bits per heavy atom. The third-order valence-electron chi connectivity index (χ3n) is 4.67. The number of pyridine rings is 2. The second-order valence-electron chi connectivity index (χ2n) is 6.08. The molecule has 0 fully saturated rings. The van der Waals surface area contributed by atoms with Gasteiger partial charge in [-0.1, -0.05) is 18.2 Å². The minimum absolute atomic E-state index is 0.611. The van der Waals surface area contributed by atoms with Gasteiger partial charge in [-0.15, -0.1) is 6.58 Å². The maximum atomic E-state index is 6.27. The van der Waals surface area contributed by atoms with Crippen LogP contribution in [0.1, 0.15) is 11.3 Å². The first kappa shape index (κ1) is 15.4. The van der Waals surface area contributed by atoms with Gasteiger partial charge in [-0.3, -0.25) is 4.98 Å². The van der Waals surface area contributed by atoms with Crippen LogP contribution in [0.25, 0.3) is 21.7 Å². The van der Waals surface area contributed by atoms with Gasteiger partial charge in [0.2, 0.25) is 5.88 Å². The molecule has 4 aromatic rings. The van der Waals surface area contributed by atoms with E-state index in [4.69, 9.17) is 4.74 Å². The minimum Gasteiger partial charge on any atom is -0.436 e. The van der Waals surface area contributed by atoms with Crippen molar-refractivity contribution >= 4 is 21.7 Å². The number of hydrogen-bond donors (Lipinski definition) is 0. The highest BCUT2D eigenvalue weighted by atomic mass is 16.5. The summed E-state index contributed by atoms with van der Waals surface area (Å²) in [5, 5.41) is 3.22. The molecule has 0 aliphatic carbocycles. The molecule has 0 aliphatic rings. The van der Waals surface area contributed by atoms with Crippen LogP contribution in [0.4, 0.5) is 0 Å². The van der Waals surface area contributed by atoms with Crippen LogP contribution in [0.5, 0.6) is 11.6 Å². The van der Waals surface area contributed by atoms with E-state index in [2.05, 4.69) is 35.0 Å². The summed E-state index contributed by atoms with van der Waals surface area (Å²) in [6.45, 7) is 8.85. The van der Waals surface area contributed by atoms with Crippen LogP contribution in [-0.4, -0.2) is 14.5 Å². The molecule has 4 nitrogen and oxygen atoms in total. The van der Waals surface area contributed by atoms with E-state index >= 15 is 0 Å². The minimum atomic E-state index is 0.611. The van der Waals surface area contributed by atoms with E-state index in [-0.39, 0.29) is 0 Å². The molecule has 0 saturated heterocycles. The molecule has 25 heavy (non-hydrogen) atoms. The highest BCUT2D eigenvalue weighted by molar-refractivity contribution is 5.91. The molecule has 0 aliphatic heterocycles. The van der Waals surface area contributed by atoms with E-state index < -0.39 is 0 Å². The number of nitrogens with zero attached hydrogens (tertiary/aromatic N) is 3. The quantitative estimate of drug-likeness (QED) is 0.484. The molecular formula is C21H19N3O. The zero-order valence-corrected chi connectivity index (χ0v) is 14.4. The van der Waals surface area contributed by atoms with Gasteiger partial charge in [-0.05, 0) is 37.6 Å². The molecule has 124 valence electrons. The first-order valence-electron chi connectivity index (χ1n) is 8.26. The van der Waals surface area contributed by atoms with Crippen molar-refractivity contribution in [2.75, 3.05) is 0 Å². The van der Waals surface area contributed by atoms with E-state index in [1.165, 1.54) is 11.3 Å². The van der Waals surface area contributed by atoms with Gasteiger partial charge in [0.1, 0.15) is 11.3 Å². The second-order valence-corrected chi connectivity index (χ2v) is 6.08. The van der Waals surface area contributed by atoms with Crippen LogP contribution >= 0.6 is 0 Å². The number of aryl methyl sites for hydroxylation is 1. The molecule has 0 saturated carbocycles. The van der Waals surface area contributed by atoms with Crippen molar-refractivity contribution in [3.8, 4) is 11.6 Å². The number of ether oxygens (including phenoxy) is 1. The smallest absolute Gasteiger partial charge is 0.244 e. The van der Waals surface area contributed by atoms with Crippen molar-refractivity contribution < 1.29 is 4.74 Å². The average Bonchev–Trinajstić information content (AvgIpc) is 2.88. The summed E-state index contributed by atoms with van der Waals surface area (Å²) >= 11 is 0. The molecule has 0 amide bonds. The van der Waals surface area contributed by atoms with Crippen molar-refractivity contribution in [2.45, 2.75) is 20.4 Å². The Bertz CT molecular complexity index is 1090. The van der Waals surface area contributed by atoms with Gasteiger partial charge in [0.25, 0.3) is 0 Å². The van der Waals surface area contributed by atoms with E-state index in [0.717, 1.165) is 34.0 Å². The van der Waals surface area contributed by atoms with E-state index in [9.17, 15) is 0 Å². The largest absolute Gasteiger partial charge is 0.436 e. The molecule has 0 spiro atoms. The predicted octanol–water partition coefficient (Wildman–Crippen LogP) is 5.18. The van der Waals surface area contributed by atoms with Crippen LogP contribution in [0.15, 0.2) is 61.6 Å². The molecule has 0 atom stereocenters. The lowest BCUT2D eigenvalue weighted by Crippen LogP contribution is -2.00. The SMILES string of the molecule is C=CCn1c(C)c(C)c2ccnc(Oc3cccc4cnccc34)c21. The van der Waals surface area contributed by atoms with Crippen LogP contribution in [0.3, 0.4) is 0 Å². The van der Waals surface area contributed by atoms with Crippen molar-refractivity contribution in [1.82, 2.24) is 14.5 Å². The second kappa shape index (κ2) is 6.06. The maximum absolute atomic E-state index is 6.27. The zero-order valence-electron chi connectivity index (χ0n) is 14.4. The molecule has 4 heteroatoms. The highest BCUT2D eigenvalue weighted by Gasteiger charge is 2.16. The Kier molecular flexibility index (Phi) is 3.73. The molecule has 0 unspecified atom stereocenters. The monoisotopic (exact) mass is 329 g/mol. The van der Waals surface area contributed by atoms with Crippen LogP contribution < -0.4 is 4.74 Å². The Labute approximate surface area is 146 Å². The van der Waals surface area contributed by atoms with Gasteiger partial charge in [-0.25, -0.2) is 4.98 Å². The summed E-state index contributed by atoms with van der Waals surface area (Å²) in [5.41, 5.74) is 3.45. The highest BCUT2D eigenvalue weighted by Crippen LogP contribution is 2.35. The lowest BCUT2D eigenvalue weighted by molar-refractivity contribution is 0.471. The molecular weight excluding hydrogens is 310 g/mol. The molecule has 0 N–H and O–H groups in total. The van der Waals surface area contributed by atoms with Gasteiger partial charge in [0.15, 0.2) is 0 Å². The fraction of sp³-hybridized carbons (Fsp3) is 0.143. The topological polar surface area (TPSA) is 39.9 Å². The fourth-order valence-electron chi connectivity index (χ4n) is 3.28. The van der Waals surface area contributed by atoms with E-state index in [1.54, 1.807) is 12.4 Å². The molecule has 3 heterocycles. The number of allylic oxidation sites excluding steroid dienone is 1. The van der Waals surface area contributed by atoms with E-state index in [1.807, 2.05) is 42.6 Å². The van der Waals surface area contributed by atoms with Crippen LogP contribution in [-0.2, 0) is 6.54 Å². The van der Waals surface area contributed by atoms with Crippen molar-refractivity contribution in [1.29, 1.82) is 0 Å². The maximum Gasteiger partial charge on any atom is 0.244 e. The van der Waals surface area contributed by atoms with E-state index in [0.29, 0.717) is 5.88 Å². The molecule has 4 rings (SSSR count). The molecule has 0 radical (unpaired) electrons. The summed E-state index contributed by atoms with van der Waals surface area (Å²) in [7, 11) is 0. The Hall–Kier alpha value is -3.14. The van der Waals surface area contributed by atoms with Gasteiger partial charge in [0, 0.05) is 47.0 Å². The number of fused-ring (bicyclic) bond motifs is 2. The summed E-state index contributed by atoms with van der Waals surface area (Å²) < 4.78 is 8.47. The van der Waals surface area contributed by atoms with Crippen LogP contribution in [0.2, 0.25) is 0 Å². The van der Waals surface area contributed by atoms with Gasteiger partial charge < -0.3 is 9.30 Å². The Balaban J connectivity index is 1.92. The standard InChI is InChI=1S/C21H19N3O/c1-4-12-24-15(3)14(2)17-9-11-23-21(20(17)24)25-19-7-5-6-16-13-22-10-8-18(16)19/h4-11,13H,1,12H2,2-3H3. The number of benzene rings is 1. The first-order valence-corrected chi connectivity index (χ1v) is 8.26. The van der Waals surface area contributed by atoms with Crippen LogP contribution in [0, 0.1) is 13.8 Å². The first-order chi connectivity index (χ1) is 12.2. The van der Waals surface area contributed by atoms with Crippen molar-refractivity contribution in [3.63, 3.8) is 0 Å². The number of rotatable bonds is 4. The average molecular weight is 329 g/mol. The number of hydrogen-bond acceptors (Lipinski definition) is 3. The number of aromatic nitrogens is 3. The molecule has 3 aromatic heterocycles.